The van der Waals surface area contributed by atoms with Gasteiger partial charge < -0.3 is 5.32 Å². The Morgan fingerprint density at radius 1 is 1.43 bits per heavy atom. The molecule has 1 aliphatic carbocycles. The molecule has 0 aromatic carbocycles. The standard InChI is InChI=1S/C14H16F3N5O/c1-8-10(6-18-21(8)2)19-13(23)7-22-11(9-3-4-9)5-12(20-22)14(15,16)17/h5-6,9H,3-4,7H2,1-2H3,(H,19,23). The second-order valence-corrected chi connectivity index (χ2v) is 5.70. The van der Waals surface area contributed by atoms with Crippen LogP contribution in [0, 0.1) is 6.92 Å². The minimum atomic E-state index is -4.51. The van der Waals surface area contributed by atoms with Gasteiger partial charge in [-0.2, -0.15) is 23.4 Å². The number of hydrogen-bond acceptors (Lipinski definition) is 3. The molecule has 0 unspecified atom stereocenters. The molecule has 2 aromatic heterocycles. The number of anilines is 1. The molecule has 0 saturated heterocycles. The summed E-state index contributed by atoms with van der Waals surface area (Å²) in [5.74, 6) is -0.369. The van der Waals surface area contributed by atoms with Crippen LogP contribution in [0.3, 0.4) is 0 Å². The van der Waals surface area contributed by atoms with E-state index in [1.165, 1.54) is 6.20 Å². The van der Waals surface area contributed by atoms with Crippen molar-refractivity contribution in [3.05, 3.63) is 29.3 Å². The number of carbonyl (C=O) groups excluding carboxylic acids is 1. The Labute approximate surface area is 130 Å². The van der Waals surface area contributed by atoms with E-state index in [-0.39, 0.29) is 12.5 Å². The molecule has 2 heterocycles. The molecule has 0 spiro atoms. The number of aryl methyl sites for hydroxylation is 1. The van der Waals surface area contributed by atoms with Crippen LogP contribution in [0.1, 0.15) is 35.8 Å². The normalized spacial score (nSPS) is 15.0. The van der Waals surface area contributed by atoms with E-state index in [1.807, 2.05) is 0 Å². The first-order valence-corrected chi connectivity index (χ1v) is 7.19. The highest BCUT2D eigenvalue weighted by atomic mass is 19.4. The average molecular weight is 327 g/mol. The monoisotopic (exact) mass is 327 g/mol. The molecule has 1 amide bonds. The van der Waals surface area contributed by atoms with Crippen LogP contribution in [0.15, 0.2) is 12.3 Å². The number of nitrogens with zero attached hydrogens (tertiary/aromatic N) is 4. The fourth-order valence-corrected chi connectivity index (χ4v) is 2.35. The Morgan fingerprint density at radius 2 is 2.13 bits per heavy atom. The summed E-state index contributed by atoms with van der Waals surface area (Å²) in [6.45, 7) is 1.53. The van der Waals surface area contributed by atoms with Gasteiger partial charge in [0.15, 0.2) is 5.69 Å². The summed E-state index contributed by atoms with van der Waals surface area (Å²) >= 11 is 0. The van der Waals surface area contributed by atoms with Crippen molar-refractivity contribution in [2.24, 2.45) is 7.05 Å². The molecule has 3 rings (SSSR count). The Bertz CT molecular complexity index is 742. The minimum absolute atomic E-state index is 0.0616. The predicted molar refractivity (Wildman–Crippen MR) is 75.8 cm³/mol. The predicted octanol–water partition coefficient (Wildman–Crippen LogP) is 2.46. The van der Waals surface area contributed by atoms with Crippen molar-refractivity contribution in [3.63, 3.8) is 0 Å². The highest BCUT2D eigenvalue weighted by Crippen LogP contribution is 2.42. The molecule has 124 valence electrons. The van der Waals surface area contributed by atoms with Gasteiger partial charge in [0.1, 0.15) is 6.54 Å². The van der Waals surface area contributed by atoms with Crippen LogP contribution in [0.5, 0.6) is 0 Å². The summed E-state index contributed by atoms with van der Waals surface area (Å²) in [5.41, 5.74) is 0.811. The SMILES string of the molecule is Cc1c(NC(=O)Cn2nc(C(F)(F)F)cc2C2CC2)cnn1C. The first-order valence-electron chi connectivity index (χ1n) is 7.19. The molecule has 0 bridgehead atoms. The highest BCUT2D eigenvalue weighted by Gasteiger charge is 2.38. The maximum Gasteiger partial charge on any atom is 0.435 e. The number of halogens is 3. The first kappa shape index (κ1) is 15.6. The molecule has 1 fully saturated rings. The van der Waals surface area contributed by atoms with E-state index in [1.54, 1.807) is 18.7 Å². The number of hydrogen-bond donors (Lipinski definition) is 1. The van der Waals surface area contributed by atoms with Crippen molar-refractivity contribution >= 4 is 11.6 Å². The number of alkyl halides is 3. The van der Waals surface area contributed by atoms with Crippen LogP contribution in [0.4, 0.5) is 18.9 Å². The molecule has 9 heteroatoms. The summed E-state index contributed by atoms with van der Waals surface area (Å²) in [4.78, 5) is 12.1. The number of rotatable bonds is 4. The van der Waals surface area contributed by atoms with Gasteiger partial charge in [0.25, 0.3) is 0 Å². The Morgan fingerprint density at radius 3 is 2.65 bits per heavy atom. The lowest BCUT2D eigenvalue weighted by Crippen LogP contribution is -2.21. The van der Waals surface area contributed by atoms with Gasteiger partial charge in [-0.1, -0.05) is 0 Å². The smallest absolute Gasteiger partial charge is 0.322 e. The van der Waals surface area contributed by atoms with E-state index in [0.717, 1.165) is 29.3 Å². The summed E-state index contributed by atoms with van der Waals surface area (Å²) in [7, 11) is 1.74. The number of nitrogens with one attached hydrogen (secondary N) is 1. The third-order valence-corrected chi connectivity index (χ3v) is 3.90. The minimum Gasteiger partial charge on any atom is -0.322 e. The van der Waals surface area contributed by atoms with E-state index in [4.69, 9.17) is 0 Å². The highest BCUT2D eigenvalue weighted by molar-refractivity contribution is 5.90. The van der Waals surface area contributed by atoms with Crippen LogP contribution < -0.4 is 5.32 Å². The van der Waals surface area contributed by atoms with Crippen molar-refractivity contribution in [1.29, 1.82) is 0 Å². The second-order valence-electron chi connectivity index (χ2n) is 5.70. The van der Waals surface area contributed by atoms with E-state index >= 15 is 0 Å². The van der Waals surface area contributed by atoms with Crippen molar-refractivity contribution in [2.75, 3.05) is 5.32 Å². The van der Waals surface area contributed by atoms with Crippen molar-refractivity contribution in [2.45, 2.75) is 38.4 Å². The molecule has 1 N–H and O–H groups in total. The summed E-state index contributed by atoms with van der Waals surface area (Å²) < 4.78 is 41.2. The zero-order valence-corrected chi connectivity index (χ0v) is 12.7. The maximum absolute atomic E-state index is 12.8. The fourth-order valence-electron chi connectivity index (χ4n) is 2.35. The number of amides is 1. The molecule has 2 aromatic rings. The zero-order valence-electron chi connectivity index (χ0n) is 12.7. The van der Waals surface area contributed by atoms with Gasteiger partial charge in [0, 0.05) is 18.7 Å². The lowest BCUT2D eigenvalue weighted by molar-refractivity contribution is -0.141. The lowest BCUT2D eigenvalue weighted by Gasteiger charge is -2.08. The van der Waals surface area contributed by atoms with E-state index in [9.17, 15) is 18.0 Å². The van der Waals surface area contributed by atoms with Crippen LogP contribution in [0.25, 0.3) is 0 Å². The molecule has 1 aliphatic rings. The van der Waals surface area contributed by atoms with Gasteiger partial charge in [0.2, 0.25) is 5.91 Å². The summed E-state index contributed by atoms with van der Waals surface area (Å²) in [6, 6.07) is 1.04. The van der Waals surface area contributed by atoms with E-state index in [2.05, 4.69) is 15.5 Å². The molecule has 6 nitrogen and oxygen atoms in total. The van der Waals surface area contributed by atoms with Crippen LogP contribution >= 0.6 is 0 Å². The zero-order chi connectivity index (χ0) is 16.8. The van der Waals surface area contributed by atoms with Gasteiger partial charge >= 0.3 is 6.18 Å². The third-order valence-electron chi connectivity index (χ3n) is 3.90. The summed E-state index contributed by atoms with van der Waals surface area (Å²) in [6.07, 6.45) is -1.36. The molecule has 0 aliphatic heterocycles. The second kappa shape index (κ2) is 5.39. The molecule has 0 atom stereocenters. The lowest BCUT2D eigenvalue weighted by atomic mass is 10.2. The molecular formula is C14H16F3N5O. The van der Waals surface area contributed by atoms with Crippen molar-refractivity contribution in [3.8, 4) is 0 Å². The van der Waals surface area contributed by atoms with E-state index in [0.29, 0.717) is 11.4 Å². The maximum atomic E-state index is 12.8. The molecule has 0 radical (unpaired) electrons. The molecule has 23 heavy (non-hydrogen) atoms. The number of aromatic nitrogens is 4. The van der Waals surface area contributed by atoms with Crippen molar-refractivity contribution < 1.29 is 18.0 Å². The van der Waals surface area contributed by atoms with E-state index < -0.39 is 17.8 Å². The van der Waals surface area contributed by atoms with Gasteiger partial charge in [-0.3, -0.25) is 14.2 Å². The fraction of sp³-hybridized carbons (Fsp3) is 0.500. The van der Waals surface area contributed by atoms with Gasteiger partial charge in [0.05, 0.1) is 17.6 Å². The Hall–Kier alpha value is -2.32. The third kappa shape index (κ3) is 3.22. The van der Waals surface area contributed by atoms with Crippen molar-refractivity contribution in [1.82, 2.24) is 19.6 Å². The Balaban J connectivity index is 1.77. The van der Waals surface area contributed by atoms with Crippen LogP contribution in [-0.4, -0.2) is 25.5 Å². The Kier molecular flexibility index (Phi) is 3.65. The first-order chi connectivity index (χ1) is 10.8. The quantitative estimate of drug-likeness (QED) is 0.938. The molecular weight excluding hydrogens is 311 g/mol. The largest absolute Gasteiger partial charge is 0.435 e. The van der Waals surface area contributed by atoms with Gasteiger partial charge in [-0.15, -0.1) is 0 Å². The van der Waals surface area contributed by atoms with Gasteiger partial charge in [-0.25, -0.2) is 0 Å². The number of carbonyl (C=O) groups is 1. The molecule has 1 saturated carbocycles. The van der Waals surface area contributed by atoms with Gasteiger partial charge in [-0.05, 0) is 25.8 Å². The topological polar surface area (TPSA) is 64.7 Å². The van der Waals surface area contributed by atoms with Crippen LogP contribution in [0.2, 0.25) is 0 Å². The summed E-state index contributed by atoms with van der Waals surface area (Å²) in [5, 5.41) is 10.2. The average Bonchev–Trinajstić information content (AvgIpc) is 3.14. The van der Waals surface area contributed by atoms with Crippen LogP contribution in [-0.2, 0) is 24.6 Å².